The summed E-state index contributed by atoms with van der Waals surface area (Å²) in [6.07, 6.45) is 79.7. The normalized spacial score (nSPS) is 12.4. The minimum atomic E-state index is -0.773. The molecule has 0 aliphatic rings. The van der Waals surface area contributed by atoms with E-state index in [9.17, 15) is 14.4 Å². The van der Waals surface area contributed by atoms with Crippen LogP contribution in [0.5, 0.6) is 0 Å². The van der Waals surface area contributed by atoms with Crippen molar-refractivity contribution >= 4 is 17.9 Å². The molecule has 0 N–H and O–H groups in total. The Morgan fingerprint density at radius 3 is 0.865 bits per heavy atom. The largest absolute Gasteiger partial charge is 0.462 e. The van der Waals surface area contributed by atoms with Gasteiger partial charge in [-0.2, -0.15) is 0 Å². The van der Waals surface area contributed by atoms with Gasteiger partial charge in [0, 0.05) is 19.3 Å². The highest BCUT2D eigenvalue weighted by molar-refractivity contribution is 5.71. The van der Waals surface area contributed by atoms with Gasteiger partial charge in [0.25, 0.3) is 0 Å². The van der Waals surface area contributed by atoms with Gasteiger partial charge in [0.1, 0.15) is 13.2 Å². The summed E-state index contributed by atoms with van der Waals surface area (Å²) in [6, 6.07) is 0. The van der Waals surface area contributed by atoms with E-state index in [-0.39, 0.29) is 31.1 Å². The lowest BCUT2D eigenvalue weighted by Crippen LogP contribution is -2.30. The molecule has 0 aliphatic carbocycles. The van der Waals surface area contributed by atoms with E-state index < -0.39 is 6.10 Å². The summed E-state index contributed by atoms with van der Waals surface area (Å²) in [7, 11) is 0. The second-order valence-corrected chi connectivity index (χ2v) is 21.6. The highest BCUT2D eigenvalue weighted by Gasteiger charge is 2.19. The molecular formula is C68H122O6. The van der Waals surface area contributed by atoms with E-state index in [1.807, 2.05) is 0 Å². The molecule has 6 heteroatoms. The molecular weight excluding hydrogens is 913 g/mol. The molecule has 0 aliphatic heterocycles. The van der Waals surface area contributed by atoms with Gasteiger partial charge in [-0.15, -0.1) is 0 Å². The molecule has 0 aromatic heterocycles. The first-order valence-electron chi connectivity index (χ1n) is 32.3. The minimum Gasteiger partial charge on any atom is -0.462 e. The molecule has 1 unspecified atom stereocenters. The molecule has 0 spiro atoms. The fraction of sp³-hybridized carbons (Fsp3) is 0.809. The monoisotopic (exact) mass is 1030 g/mol. The van der Waals surface area contributed by atoms with Gasteiger partial charge in [-0.3, -0.25) is 14.4 Å². The second-order valence-electron chi connectivity index (χ2n) is 21.6. The molecule has 0 fully saturated rings. The van der Waals surface area contributed by atoms with E-state index >= 15 is 0 Å². The maximum atomic E-state index is 12.8. The molecule has 0 saturated carbocycles. The predicted molar refractivity (Wildman–Crippen MR) is 321 cm³/mol. The van der Waals surface area contributed by atoms with Crippen LogP contribution in [0.3, 0.4) is 0 Å². The molecule has 74 heavy (non-hydrogen) atoms. The number of unbranched alkanes of at least 4 members (excludes halogenated alkanes) is 38. The van der Waals surface area contributed by atoms with Gasteiger partial charge in [-0.05, 0) is 83.5 Å². The summed E-state index contributed by atoms with van der Waals surface area (Å²) in [4.78, 5) is 38.1. The molecule has 1 atom stereocenters. The van der Waals surface area contributed by atoms with Gasteiger partial charge in [-0.25, -0.2) is 0 Å². The first kappa shape index (κ1) is 71.1. The third-order valence-electron chi connectivity index (χ3n) is 14.3. The van der Waals surface area contributed by atoms with Crippen molar-refractivity contribution in [2.75, 3.05) is 13.2 Å². The van der Waals surface area contributed by atoms with Crippen molar-refractivity contribution in [3.05, 3.63) is 60.8 Å². The third kappa shape index (κ3) is 60.0. The fourth-order valence-electron chi connectivity index (χ4n) is 9.43. The first-order chi connectivity index (χ1) is 36.5. The Hall–Kier alpha value is -2.89. The van der Waals surface area contributed by atoms with Gasteiger partial charge >= 0.3 is 17.9 Å². The summed E-state index contributed by atoms with van der Waals surface area (Å²) in [6.45, 7) is 6.53. The van der Waals surface area contributed by atoms with Gasteiger partial charge in [-0.1, -0.05) is 293 Å². The predicted octanol–water partition coefficient (Wildman–Crippen LogP) is 21.9. The van der Waals surface area contributed by atoms with E-state index in [0.29, 0.717) is 19.3 Å². The Morgan fingerprint density at radius 1 is 0.284 bits per heavy atom. The zero-order valence-corrected chi connectivity index (χ0v) is 49.4. The molecule has 0 rings (SSSR count). The zero-order valence-electron chi connectivity index (χ0n) is 49.4. The fourth-order valence-corrected chi connectivity index (χ4v) is 9.43. The van der Waals surface area contributed by atoms with E-state index in [1.165, 1.54) is 205 Å². The van der Waals surface area contributed by atoms with Crippen molar-refractivity contribution in [1.82, 2.24) is 0 Å². The van der Waals surface area contributed by atoms with Gasteiger partial charge in [0.2, 0.25) is 0 Å². The van der Waals surface area contributed by atoms with Gasteiger partial charge in [0.05, 0.1) is 0 Å². The van der Waals surface area contributed by atoms with E-state index in [4.69, 9.17) is 14.2 Å². The number of carbonyl (C=O) groups is 3. The highest BCUT2D eigenvalue weighted by Crippen LogP contribution is 2.17. The van der Waals surface area contributed by atoms with Crippen LogP contribution >= 0.6 is 0 Å². The molecule has 430 valence electrons. The standard InChI is InChI=1S/C68H122O6/c1-4-7-10-13-16-19-22-24-25-26-27-28-29-30-31-32-33-34-35-36-37-38-39-40-41-42-43-44-47-49-52-55-58-61-67(70)73-64-65(63-72-66(69)60-57-54-51-48-45-21-18-15-12-9-6-3)74-68(71)62-59-56-53-50-46-23-20-17-14-11-8-5-2/h7,10,16-17,19-20,24-25,27-28,65H,4-6,8-9,11-15,18,21-23,26,29-64H2,1-3H3/b10-7-,19-16-,20-17-,25-24-,28-27-. The van der Waals surface area contributed by atoms with Crippen molar-refractivity contribution in [2.45, 2.75) is 341 Å². The highest BCUT2D eigenvalue weighted by atomic mass is 16.6. The van der Waals surface area contributed by atoms with Crippen molar-refractivity contribution < 1.29 is 28.6 Å². The molecule has 0 saturated heterocycles. The Labute approximate surface area is 460 Å². The maximum absolute atomic E-state index is 12.8. The lowest BCUT2D eigenvalue weighted by Gasteiger charge is -2.18. The molecule has 0 radical (unpaired) electrons. The molecule has 0 amide bonds. The van der Waals surface area contributed by atoms with Crippen LogP contribution in [0, 0.1) is 0 Å². The van der Waals surface area contributed by atoms with Crippen molar-refractivity contribution in [2.24, 2.45) is 0 Å². The first-order valence-corrected chi connectivity index (χ1v) is 32.3. The van der Waals surface area contributed by atoms with Crippen molar-refractivity contribution in [3.8, 4) is 0 Å². The van der Waals surface area contributed by atoms with Crippen LogP contribution < -0.4 is 0 Å². The third-order valence-corrected chi connectivity index (χ3v) is 14.3. The quantitative estimate of drug-likeness (QED) is 0.0261. The molecule has 0 bridgehead atoms. The lowest BCUT2D eigenvalue weighted by molar-refractivity contribution is -0.167. The van der Waals surface area contributed by atoms with Crippen LogP contribution in [-0.4, -0.2) is 37.2 Å². The average Bonchev–Trinajstić information content (AvgIpc) is 3.40. The summed E-state index contributed by atoms with van der Waals surface area (Å²) in [5.41, 5.74) is 0. The smallest absolute Gasteiger partial charge is 0.306 e. The summed E-state index contributed by atoms with van der Waals surface area (Å²) in [5.74, 6) is -0.864. The number of ether oxygens (including phenoxy) is 3. The van der Waals surface area contributed by atoms with Crippen LogP contribution in [0.2, 0.25) is 0 Å². The van der Waals surface area contributed by atoms with E-state index in [1.54, 1.807) is 0 Å². The zero-order chi connectivity index (χ0) is 53.6. The number of rotatable bonds is 59. The van der Waals surface area contributed by atoms with Gasteiger partial charge in [0.15, 0.2) is 6.10 Å². The number of hydrogen-bond donors (Lipinski definition) is 0. The average molecular weight is 1040 g/mol. The molecule has 0 heterocycles. The van der Waals surface area contributed by atoms with Crippen LogP contribution in [-0.2, 0) is 28.6 Å². The van der Waals surface area contributed by atoms with Crippen LogP contribution in [0.25, 0.3) is 0 Å². The Kier molecular flexibility index (Phi) is 60.2. The van der Waals surface area contributed by atoms with Gasteiger partial charge < -0.3 is 14.2 Å². The van der Waals surface area contributed by atoms with Crippen molar-refractivity contribution in [3.63, 3.8) is 0 Å². The van der Waals surface area contributed by atoms with Crippen LogP contribution in [0.15, 0.2) is 60.8 Å². The topological polar surface area (TPSA) is 78.9 Å². The van der Waals surface area contributed by atoms with Crippen LogP contribution in [0.4, 0.5) is 0 Å². The van der Waals surface area contributed by atoms with Crippen LogP contribution in [0.1, 0.15) is 335 Å². The summed E-state index contributed by atoms with van der Waals surface area (Å²) in [5, 5.41) is 0. The number of carbonyl (C=O) groups excluding carboxylic acids is 3. The molecule has 6 nitrogen and oxygen atoms in total. The minimum absolute atomic E-state index is 0.0717. The van der Waals surface area contributed by atoms with Crippen molar-refractivity contribution in [1.29, 1.82) is 0 Å². The number of esters is 3. The second kappa shape index (κ2) is 62.6. The Balaban J connectivity index is 4.02. The SMILES string of the molecule is CC/C=C\C/C=C\C/C=C\C/C=C\CCCCCCCCCCCCCCCCCCCCCCC(=O)OCC(COC(=O)CCCCCCCCCCCCC)OC(=O)CCCCCCC/C=C\CCCCC. The van der Waals surface area contributed by atoms with E-state index in [2.05, 4.69) is 81.5 Å². The Bertz CT molecular complexity index is 1330. The van der Waals surface area contributed by atoms with E-state index in [0.717, 1.165) is 89.9 Å². The number of hydrogen-bond acceptors (Lipinski definition) is 6. The Morgan fingerprint density at radius 2 is 0.527 bits per heavy atom. The molecule has 0 aromatic rings. The number of allylic oxidation sites excluding steroid dienone is 10. The lowest BCUT2D eigenvalue weighted by atomic mass is 10.0. The summed E-state index contributed by atoms with van der Waals surface area (Å²) >= 11 is 0. The maximum Gasteiger partial charge on any atom is 0.306 e. The summed E-state index contributed by atoms with van der Waals surface area (Å²) < 4.78 is 16.9. The molecule has 0 aromatic carbocycles.